The molecule has 0 aliphatic rings. The highest BCUT2D eigenvalue weighted by atomic mass is 32.1. The molecule has 1 N–H and O–H groups in total. The smallest absolute Gasteiger partial charge is 0.252 e. The molecule has 25 heavy (non-hydrogen) atoms. The van der Waals surface area contributed by atoms with E-state index in [1.807, 2.05) is 47.1 Å². The zero-order valence-electron chi connectivity index (χ0n) is 15.2. The van der Waals surface area contributed by atoms with Crippen molar-refractivity contribution in [3.8, 4) is 0 Å². The Hall–Kier alpha value is -2.25. The van der Waals surface area contributed by atoms with Crippen molar-refractivity contribution in [1.82, 2.24) is 25.0 Å². The van der Waals surface area contributed by atoms with Crippen molar-refractivity contribution in [1.29, 1.82) is 0 Å². The van der Waals surface area contributed by atoms with Crippen LogP contribution in [-0.2, 0) is 7.05 Å². The van der Waals surface area contributed by atoms with Gasteiger partial charge in [-0.1, -0.05) is 6.07 Å². The normalized spacial score (nSPS) is 12.7. The van der Waals surface area contributed by atoms with Gasteiger partial charge in [0.05, 0.1) is 22.7 Å². The molecule has 3 heterocycles. The van der Waals surface area contributed by atoms with Crippen LogP contribution in [0.5, 0.6) is 0 Å². The first kappa shape index (κ1) is 17.6. The number of carbonyl (C=O) groups excluding carboxylic acids is 1. The Morgan fingerprint density at radius 3 is 2.80 bits per heavy atom. The Kier molecular flexibility index (Phi) is 4.87. The predicted molar refractivity (Wildman–Crippen MR) is 101 cm³/mol. The maximum atomic E-state index is 12.9. The van der Waals surface area contributed by atoms with Gasteiger partial charge < -0.3 is 10.2 Å². The van der Waals surface area contributed by atoms with Gasteiger partial charge in [-0.25, -0.2) is 4.98 Å². The van der Waals surface area contributed by atoms with Gasteiger partial charge in [0.15, 0.2) is 5.65 Å². The molecule has 1 amide bonds. The summed E-state index contributed by atoms with van der Waals surface area (Å²) in [6, 6.07) is 6.12. The van der Waals surface area contributed by atoms with Crippen molar-refractivity contribution in [2.45, 2.75) is 19.9 Å². The fraction of sp³-hybridized carbons (Fsp3) is 0.389. The number of amides is 1. The molecule has 3 rings (SSSR count). The number of likely N-dealkylation sites (N-methyl/N-ethyl adjacent to an activating group) is 1. The Labute approximate surface area is 151 Å². The number of fused-ring (bicyclic) bond motifs is 1. The Bertz CT molecular complexity index is 898. The summed E-state index contributed by atoms with van der Waals surface area (Å²) >= 11 is 1.70. The van der Waals surface area contributed by atoms with Gasteiger partial charge in [-0.15, -0.1) is 11.3 Å². The summed E-state index contributed by atoms with van der Waals surface area (Å²) in [5.41, 5.74) is 3.00. The largest absolute Gasteiger partial charge is 0.350 e. The molecule has 7 heteroatoms. The number of thiophene rings is 1. The lowest BCUT2D eigenvalue weighted by Crippen LogP contribution is -2.34. The third-order valence-electron chi connectivity index (χ3n) is 4.29. The highest BCUT2D eigenvalue weighted by Gasteiger charge is 2.20. The number of nitrogens with one attached hydrogen (secondary N) is 1. The van der Waals surface area contributed by atoms with Crippen molar-refractivity contribution >= 4 is 28.3 Å². The molecule has 3 aromatic rings. The minimum absolute atomic E-state index is 0.0880. The van der Waals surface area contributed by atoms with Crippen LogP contribution in [0.2, 0.25) is 0 Å². The summed E-state index contributed by atoms with van der Waals surface area (Å²) < 4.78 is 1.72. The maximum Gasteiger partial charge on any atom is 0.252 e. The van der Waals surface area contributed by atoms with Crippen molar-refractivity contribution in [3.05, 3.63) is 45.4 Å². The lowest BCUT2D eigenvalue weighted by molar-refractivity contribution is 0.0943. The molecule has 0 aliphatic heterocycles. The number of rotatable bonds is 5. The second-order valence-corrected chi connectivity index (χ2v) is 7.40. The monoisotopic (exact) mass is 357 g/mol. The molecule has 0 saturated heterocycles. The zero-order valence-corrected chi connectivity index (χ0v) is 16.0. The third-order valence-corrected chi connectivity index (χ3v) is 5.27. The van der Waals surface area contributed by atoms with Gasteiger partial charge in [0, 0.05) is 24.2 Å². The minimum atomic E-state index is -0.0880. The molecule has 1 unspecified atom stereocenters. The number of aromatic nitrogens is 3. The van der Waals surface area contributed by atoms with Crippen LogP contribution in [0.3, 0.4) is 0 Å². The number of carbonyl (C=O) groups is 1. The first-order valence-electron chi connectivity index (χ1n) is 8.17. The van der Waals surface area contributed by atoms with Crippen molar-refractivity contribution in [3.63, 3.8) is 0 Å². The van der Waals surface area contributed by atoms with E-state index in [9.17, 15) is 4.79 Å². The van der Waals surface area contributed by atoms with Crippen LogP contribution in [-0.4, -0.2) is 46.2 Å². The highest BCUT2D eigenvalue weighted by molar-refractivity contribution is 7.10. The topological polar surface area (TPSA) is 63.1 Å². The Morgan fingerprint density at radius 1 is 1.40 bits per heavy atom. The van der Waals surface area contributed by atoms with Gasteiger partial charge in [0.1, 0.15) is 0 Å². The quantitative estimate of drug-likeness (QED) is 0.763. The summed E-state index contributed by atoms with van der Waals surface area (Å²) in [5.74, 6) is -0.0880. The first-order chi connectivity index (χ1) is 11.9. The van der Waals surface area contributed by atoms with Crippen LogP contribution in [0, 0.1) is 13.8 Å². The van der Waals surface area contributed by atoms with E-state index in [1.165, 1.54) is 4.88 Å². The van der Waals surface area contributed by atoms with Gasteiger partial charge in [-0.05, 0) is 45.5 Å². The van der Waals surface area contributed by atoms with Gasteiger partial charge in [-0.2, -0.15) is 5.10 Å². The average molecular weight is 357 g/mol. The van der Waals surface area contributed by atoms with E-state index in [0.29, 0.717) is 12.1 Å². The van der Waals surface area contributed by atoms with Crippen molar-refractivity contribution < 1.29 is 4.79 Å². The molecule has 1 atom stereocenters. The molecule has 0 bridgehead atoms. The standard InChI is InChI=1S/C18H23N5OS/c1-11-9-13(16-12(2)21-23(5)17(16)20-11)18(24)19-10-14(22(3)4)15-7-6-8-25-15/h6-9,14H,10H2,1-5H3,(H,19,24). The number of nitrogens with zero attached hydrogens (tertiary/aromatic N) is 4. The van der Waals surface area contributed by atoms with E-state index in [2.05, 4.69) is 31.7 Å². The van der Waals surface area contributed by atoms with Crippen LogP contribution < -0.4 is 5.32 Å². The van der Waals surface area contributed by atoms with E-state index < -0.39 is 0 Å². The SMILES string of the molecule is Cc1cc(C(=O)NCC(c2cccs2)N(C)C)c2c(C)nn(C)c2n1. The average Bonchev–Trinajstić information content (AvgIpc) is 3.16. The number of pyridine rings is 1. The molecule has 132 valence electrons. The van der Waals surface area contributed by atoms with E-state index in [0.717, 1.165) is 22.4 Å². The third kappa shape index (κ3) is 3.43. The van der Waals surface area contributed by atoms with E-state index >= 15 is 0 Å². The van der Waals surface area contributed by atoms with Crippen molar-refractivity contribution in [2.75, 3.05) is 20.6 Å². The molecule has 6 nitrogen and oxygen atoms in total. The summed E-state index contributed by atoms with van der Waals surface area (Å²) in [6.07, 6.45) is 0. The van der Waals surface area contributed by atoms with Crippen LogP contribution >= 0.6 is 11.3 Å². The van der Waals surface area contributed by atoms with Crippen LogP contribution in [0.25, 0.3) is 11.0 Å². The lowest BCUT2D eigenvalue weighted by Gasteiger charge is -2.23. The van der Waals surface area contributed by atoms with E-state index in [4.69, 9.17) is 0 Å². The van der Waals surface area contributed by atoms with Crippen LogP contribution in [0.1, 0.15) is 32.7 Å². The maximum absolute atomic E-state index is 12.9. The summed E-state index contributed by atoms with van der Waals surface area (Å²) in [6.45, 7) is 4.35. The molecule has 0 saturated carbocycles. The molecular weight excluding hydrogens is 334 g/mol. The second kappa shape index (κ2) is 6.93. The number of aryl methyl sites for hydroxylation is 3. The van der Waals surface area contributed by atoms with Gasteiger partial charge in [0.25, 0.3) is 5.91 Å². The minimum Gasteiger partial charge on any atom is -0.350 e. The van der Waals surface area contributed by atoms with Crippen molar-refractivity contribution in [2.24, 2.45) is 7.05 Å². The van der Waals surface area contributed by atoms with E-state index in [-0.39, 0.29) is 11.9 Å². The fourth-order valence-electron chi connectivity index (χ4n) is 3.05. The lowest BCUT2D eigenvalue weighted by atomic mass is 10.1. The molecule has 0 radical (unpaired) electrons. The summed E-state index contributed by atoms with van der Waals surface area (Å²) in [7, 11) is 5.90. The fourth-order valence-corrected chi connectivity index (χ4v) is 3.97. The molecule has 0 spiro atoms. The van der Waals surface area contributed by atoms with Gasteiger partial charge in [0.2, 0.25) is 0 Å². The predicted octanol–water partition coefficient (Wildman–Crippen LogP) is 2.68. The molecule has 0 aromatic carbocycles. The highest BCUT2D eigenvalue weighted by Crippen LogP contribution is 2.24. The van der Waals surface area contributed by atoms with Gasteiger partial charge in [-0.3, -0.25) is 9.48 Å². The zero-order chi connectivity index (χ0) is 18.1. The second-order valence-electron chi connectivity index (χ2n) is 6.42. The summed E-state index contributed by atoms with van der Waals surface area (Å²) in [5, 5.41) is 10.4. The van der Waals surface area contributed by atoms with Crippen LogP contribution in [0.4, 0.5) is 0 Å². The molecule has 0 fully saturated rings. The number of hydrogen-bond donors (Lipinski definition) is 1. The van der Waals surface area contributed by atoms with Gasteiger partial charge >= 0.3 is 0 Å². The molecular formula is C18H23N5OS. The van der Waals surface area contributed by atoms with Crippen LogP contribution in [0.15, 0.2) is 23.6 Å². The Morgan fingerprint density at radius 2 is 2.16 bits per heavy atom. The first-order valence-corrected chi connectivity index (χ1v) is 9.05. The van der Waals surface area contributed by atoms with E-state index in [1.54, 1.807) is 16.0 Å². The molecule has 0 aliphatic carbocycles. The Balaban J connectivity index is 1.88. The molecule has 3 aromatic heterocycles. The summed E-state index contributed by atoms with van der Waals surface area (Å²) in [4.78, 5) is 20.8. The number of hydrogen-bond acceptors (Lipinski definition) is 5.